The van der Waals surface area contributed by atoms with E-state index in [4.69, 9.17) is 0 Å². The predicted octanol–water partition coefficient (Wildman–Crippen LogP) is 2.40. The molecule has 40 valence electrons. The van der Waals surface area contributed by atoms with Gasteiger partial charge in [0, 0.05) is 0 Å². The summed E-state index contributed by atoms with van der Waals surface area (Å²) in [5.41, 5.74) is 0. The molecule has 0 heterocycles. The van der Waals surface area contributed by atoms with Gasteiger partial charge in [-0.15, -0.1) is 0 Å². The highest BCUT2D eigenvalue weighted by Gasteiger charge is 2.18. The smallest absolute Gasteiger partial charge is 0.0525 e. The third-order valence-electron chi connectivity index (χ3n) is 1.79. The van der Waals surface area contributed by atoms with Crippen LogP contribution in [0, 0.1) is 12.3 Å². The first-order valence-corrected chi connectivity index (χ1v) is 3.21. The lowest BCUT2D eigenvalue weighted by Gasteiger charge is -2.20. The molecule has 0 bridgehead atoms. The SMILES string of the molecule is C[CH+]CC1CCC1. The van der Waals surface area contributed by atoms with Crippen LogP contribution in [0.2, 0.25) is 0 Å². The summed E-state index contributed by atoms with van der Waals surface area (Å²) in [5, 5.41) is 0. The van der Waals surface area contributed by atoms with Crippen LogP contribution in [0.5, 0.6) is 0 Å². The molecule has 0 heteroatoms. The first kappa shape index (κ1) is 5.02. The molecule has 0 aromatic rings. The summed E-state index contributed by atoms with van der Waals surface area (Å²) >= 11 is 0. The molecular formula is C7H13+. The summed E-state index contributed by atoms with van der Waals surface area (Å²) in [5.74, 6) is 1.07. The lowest BCUT2D eigenvalue weighted by atomic mass is 9.82. The van der Waals surface area contributed by atoms with Crippen molar-refractivity contribution in [3.05, 3.63) is 6.42 Å². The minimum absolute atomic E-state index is 1.07. The van der Waals surface area contributed by atoms with Gasteiger partial charge in [0.2, 0.25) is 0 Å². The van der Waals surface area contributed by atoms with E-state index >= 15 is 0 Å². The third-order valence-corrected chi connectivity index (χ3v) is 1.79. The van der Waals surface area contributed by atoms with Gasteiger partial charge in [-0.2, -0.15) is 0 Å². The van der Waals surface area contributed by atoms with E-state index in [1.807, 2.05) is 0 Å². The number of hydrogen-bond donors (Lipinski definition) is 0. The molecule has 0 atom stereocenters. The van der Waals surface area contributed by atoms with Crippen LogP contribution < -0.4 is 0 Å². The highest BCUT2D eigenvalue weighted by atomic mass is 14.2. The normalized spacial score (nSPS) is 21.3. The average Bonchev–Trinajstić information content (AvgIpc) is 1.55. The molecule has 0 unspecified atom stereocenters. The highest BCUT2D eigenvalue weighted by Crippen LogP contribution is 2.29. The minimum atomic E-state index is 1.07. The fourth-order valence-electron chi connectivity index (χ4n) is 1.06. The molecule has 0 aromatic heterocycles. The topological polar surface area (TPSA) is 0 Å². The summed E-state index contributed by atoms with van der Waals surface area (Å²) in [7, 11) is 0. The van der Waals surface area contributed by atoms with Crippen LogP contribution in [0.4, 0.5) is 0 Å². The first-order valence-electron chi connectivity index (χ1n) is 3.21. The molecule has 0 radical (unpaired) electrons. The molecule has 1 fully saturated rings. The molecule has 0 N–H and O–H groups in total. The second-order valence-electron chi connectivity index (χ2n) is 2.44. The molecule has 1 saturated carbocycles. The van der Waals surface area contributed by atoms with Gasteiger partial charge < -0.3 is 0 Å². The Balaban J connectivity index is 1.93. The van der Waals surface area contributed by atoms with E-state index in [-0.39, 0.29) is 0 Å². The Hall–Kier alpha value is -0.130. The Morgan fingerprint density at radius 1 is 1.57 bits per heavy atom. The summed E-state index contributed by atoms with van der Waals surface area (Å²) in [6.45, 7) is 2.15. The van der Waals surface area contributed by atoms with Crippen molar-refractivity contribution < 1.29 is 0 Å². The lowest BCUT2D eigenvalue weighted by Crippen LogP contribution is -2.09. The van der Waals surface area contributed by atoms with Gasteiger partial charge in [-0.1, -0.05) is 6.42 Å². The molecule has 1 aliphatic rings. The fourth-order valence-corrected chi connectivity index (χ4v) is 1.06. The van der Waals surface area contributed by atoms with Gasteiger partial charge in [-0.3, -0.25) is 0 Å². The monoisotopic (exact) mass is 97.1 g/mol. The molecular weight excluding hydrogens is 84.1 g/mol. The average molecular weight is 97.2 g/mol. The molecule has 0 saturated heterocycles. The first-order chi connectivity index (χ1) is 3.43. The van der Waals surface area contributed by atoms with Crippen molar-refractivity contribution in [3.63, 3.8) is 0 Å². The summed E-state index contributed by atoms with van der Waals surface area (Å²) < 4.78 is 0. The van der Waals surface area contributed by atoms with Gasteiger partial charge >= 0.3 is 0 Å². The summed E-state index contributed by atoms with van der Waals surface area (Å²) in [6, 6.07) is 0. The van der Waals surface area contributed by atoms with Crippen LogP contribution in [0.1, 0.15) is 32.6 Å². The van der Waals surface area contributed by atoms with Crippen molar-refractivity contribution in [2.24, 2.45) is 5.92 Å². The molecule has 7 heavy (non-hydrogen) atoms. The van der Waals surface area contributed by atoms with Crippen LogP contribution in [0.3, 0.4) is 0 Å². The van der Waals surface area contributed by atoms with Crippen molar-refractivity contribution in [1.29, 1.82) is 0 Å². The zero-order chi connectivity index (χ0) is 5.11. The van der Waals surface area contributed by atoms with Crippen molar-refractivity contribution >= 4 is 0 Å². The molecule has 0 aromatic carbocycles. The maximum absolute atomic E-state index is 2.28. The largest absolute Gasteiger partial charge is 0.0900 e. The van der Waals surface area contributed by atoms with Crippen LogP contribution in [-0.2, 0) is 0 Å². The third kappa shape index (κ3) is 1.12. The quantitative estimate of drug-likeness (QED) is 0.464. The van der Waals surface area contributed by atoms with E-state index in [0.29, 0.717) is 0 Å². The van der Waals surface area contributed by atoms with Gasteiger partial charge in [-0.25, -0.2) is 0 Å². The molecule has 0 nitrogen and oxygen atoms in total. The molecule has 0 amide bonds. The Morgan fingerprint density at radius 2 is 2.29 bits per heavy atom. The van der Waals surface area contributed by atoms with Crippen molar-refractivity contribution in [3.8, 4) is 0 Å². The van der Waals surface area contributed by atoms with Crippen LogP contribution in [0.25, 0.3) is 0 Å². The molecule has 1 rings (SSSR count). The Kier molecular flexibility index (Phi) is 1.61. The molecule has 0 aliphatic heterocycles. The van der Waals surface area contributed by atoms with Gasteiger partial charge in [0.25, 0.3) is 0 Å². The number of hydrogen-bond acceptors (Lipinski definition) is 0. The number of rotatable bonds is 2. The van der Waals surface area contributed by atoms with E-state index in [0.717, 1.165) is 5.92 Å². The molecule has 1 aliphatic carbocycles. The summed E-state index contributed by atoms with van der Waals surface area (Å²) in [4.78, 5) is 0. The van der Waals surface area contributed by atoms with E-state index in [1.165, 1.54) is 25.7 Å². The minimum Gasteiger partial charge on any atom is -0.0525 e. The highest BCUT2D eigenvalue weighted by molar-refractivity contribution is 4.73. The van der Waals surface area contributed by atoms with Crippen molar-refractivity contribution in [1.82, 2.24) is 0 Å². The van der Waals surface area contributed by atoms with E-state index < -0.39 is 0 Å². The van der Waals surface area contributed by atoms with E-state index in [2.05, 4.69) is 13.3 Å². The predicted molar refractivity (Wildman–Crippen MR) is 31.9 cm³/mol. The van der Waals surface area contributed by atoms with Crippen LogP contribution in [0.15, 0.2) is 0 Å². The van der Waals surface area contributed by atoms with E-state index in [1.54, 1.807) is 0 Å². The Labute approximate surface area is 45.9 Å². The zero-order valence-corrected chi connectivity index (χ0v) is 4.98. The molecule has 0 spiro atoms. The van der Waals surface area contributed by atoms with Crippen LogP contribution >= 0.6 is 0 Å². The van der Waals surface area contributed by atoms with Crippen molar-refractivity contribution in [2.45, 2.75) is 32.6 Å². The van der Waals surface area contributed by atoms with Crippen molar-refractivity contribution in [2.75, 3.05) is 0 Å². The zero-order valence-electron chi connectivity index (χ0n) is 4.98. The van der Waals surface area contributed by atoms with E-state index in [9.17, 15) is 0 Å². The fraction of sp³-hybridized carbons (Fsp3) is 0.857. The lowest BCUT2D eigenvalue weighted by molar-refractivity contribution is 0.312. The van der Waals surface area contributed by atoms with Crippen LogP contribution in [-0.4, -0.2) is 0 Å². The Bertz CT molecular complexity index is 44.0. The Morgan fingerprint density at radius 3 is 2.43 bits per heavy atom. The van der Waals surface area contributed by atoms with Gasteiger partial charge in [0.1, 0.15) is 0 Å². The summed E-state index contributed by atoms with van der Waals surface area (Å²) in [6.07, 6.45) is 8.11. The standard InChI is InChI=1S/C7H13/c1-2-4-7-5-3-6-7/h2,7H,3-6H2,1H3/q+1. The van der Waals surface area contributed by atoms with Gasteiger partial charge in [0.05, 0.1) is 19.8 Å². The van der Waals surface area contributed by atoms with Gasteiger partial charge in [0.15, 0.2) is 0 Å². The second kappa shape index (κ2) is 2.25. The van der Waals surface area contributed by atoms with Gasteiger partial charge in [-0.05, 0) is 18.8 Å². The maximum atomic E-state index is 2.28. The second-order valence-corrected chi connectivity index (χ2v) is 2.44. The maximum Gasteiger partial charge on any atom is 0.0900 e.